The van der Waals surface area contributed by atoms with Crippen molar-refractivity contribution in [3.8, 4) is 0 Å². The molecule has 3 aliphatic rings. The average Bonchev–Trinajstić information content (AvgIpc) is 3.27. The van der Waals surface area contributed by atoms with Gasteiger partial charge < -0.3 is 15.1 Å². The number of aliphatic imine (C=N–C) groups is 1. The van der Waals surface area contributed by atoms with Gasteiger partial charge in [-0.15, -0.1) is 0 Å². The molecule has 0 spiro atoms. The summed E-state index contributed by atoms with van der Waals surface area (Å²) in [5.74, 6) is 0.0360. The van der Waals surface area contributed by atoms with Crippen LogP contribution in [-0.2, 0) is 9.84 Å². The number of carbonyl (C=O) groups excluding carboxylic acids is 1. The molecule has 0 saturated carbocycles. The van der Waals surface area contributed by atoms with Crippen LogP contribution >= 0.6 is 11.8 Å². The Morgan fingerprint density at radius 3 is 2.34 bits per heavy atom. The lowest BCUT2D eigenvalue weighted by Gasteiger charge is -2.36. The van der Waals surface area contributed by atoms with Gasteiger partial charge in [0.05, 0.1) is 17.5 Å². The molecule has 2 aromatic carbocycles. The van der Waals surface area contributed by atoms with Crippen molar-refractivity contribution in [2.75, 3.05) is 47.9 Å². The predicted molar refractivity (Wildman–Crippen MR) is 126 cm³/mol. The molecule has 0 radical (unpaired) electrons. The number of rotatable bonds is 3. The van der Waals surface area contributed by atoms with Gasteiger partial charge in [0, 0.05) is 48.4 Å². The van der Waals surface area contributed by atoms with Crippen LogP contribution in [0.1, 0.15) is 10.4 Å². The number of anilines is 2. The summed E-state index contributed by atoms with van der Waals surface area (Å²) in [6.07, 6.45) is 0. The number of nitrogens with zero attached hydrogens (tertiary/aromatic N) is 3. The Bertz CT molecular complexity index is 1140. The van der Waals surface area contributed by atoms with E-state index in [1.807, 2.05) is 17.0 Å². The molecule has 5 rings (SSSR count). The van der Waals surface area contributed by atoms with Crippen molar-refractivity contribution in [2.24, 2.45) is 4.99 Å². The number of hydrogen-bond acceptors (Lipinski definition) is 7. The minimum absolute atomic E-state index is 0.00284. The Morgan fingerprint density at radius 2 is 1.69 bits per heavy atom. The van der Waals surface area contributed by atoms with Crippen LogP contribution in [0.4, 0.5) is 15.8 Å². The Balaban J connectivity index is 1.16. The molecule has 2 aromatic rings. The van der Waals surface area contributed by atoms with Crippen LogP contribution in [0.15, 0.2) is 53.5 Å². The highest BCUT2D eigenvalue weighted by Crippen LogP contribution is 2.34. The van der Waals surface area contributed by atoms with E-state index >= 15 is 0 Å². The molecular weight excluding hydrogens is 451 g/mol. The number of benzene rings is 2. The van der Waals surface area contributed by atoms with Gasteiger partial charge in [0.1, 0.15) is 5.82 Å². The van der Waals surface area contributed by atoms with Gasteiger partial charge >= 0.3 is 0 Å². The predicted octanol–water partition coefficient (Wildman–Crippen LogP) is 2.47. The number of hydrogen-bond donors (Lipinski definition) is 1. The molecule has 2 atom stereocenters. The van der Waals surface area contributed by atoms with E-state index in [9.17, 15) is 17.6 Å². The smallest absolute Gasteiger partial charge is 0.253 e. The highest BCUT2D eigenvalue weighted by Gasteiger charge is 2.42. The summed E-state index contributed by atoms with van der Waals surface area (Å²) in [4.78, 5) is 21.4. The average molecular weight is 475 g/mol. The molecule has 1 amide bonds. The van der Waals surface area contributed by atoms with Crippen molar-refractivity contribution in [2.45, 2.75) is 11.3 Å². The van der Waals surface area contributed by atoms with Gasteiger partial charge in [0.15, 0.2) is 15.0 Å². The van der Waals surface area contributed by atoms with Crippen molar-refractivity contribution in [3.63, 3.8) is 0 Å². The molecule has 32 heavy (non-hydrogen) atoms. The second kappa shape index (κ2) is 8.40. The number of nitrogens with one attached hydrogen (secondary N) is 1. The lowest BCUT2D eigenvalue weighted by molar-refractivity contribution is 0.0747. The van der Waals surface area contributed by atoms with Gasteiger partial charge in [-0.1, -0.05) is 11.8 Å². The van der Waals surface area contributed by atoms with Gasteiger partial charge in [-0.2, -0.15) is 0 Å². The minimum Gasteiger partial charge on any atom is -0.368 e. The number of carbonyl (C=O) groups is 1. The van der Waals surface area contributed by atoms with Crippen molar-refractivity contribution >= 4 is 44.0 Å². The normalized spacial score (nSPS) is 24.2. The SMILES string of the molecule is O=C(c1ccc(NC2=N[C@@H]3CS(=O)(=O)C[C@@H]3S2)cc1)N1CCN(c2ccc(F)cc2)CC1. The maximum absolute atomic E-state index is 13.1. The quantitative estimate of drug-likeness (QED) is 0.736. The molecule has 0 bridgehead atoms. The summed E-state index contributed by atoms with van der Waals surface area (Å²) in [7, 11) is -2.96. The molecule has 3 aliphatic heterocycles. The number of sulfone groups is 1. The first-order valence-corrected chi connectivity index (χ1v) is 13.2. The van der Waals surface area contributed by atoms with Crippen LogP contribution in [0.25, 0.3) is 0 Å². The molecule has 2 saturated heterocycles. The Kier molecular flexibility index (Phi) is 5.58. The van der Waals surface area contributed by atoms with Crippen LogP contribution in [0, 0.1) is 5.82 Å². The zero-order valence-electron chi connectivity index (χ0n) is 17.3. The number of amidine groups is 1. The van der Waals surface area contributed by atoms with Crippen molar-refractivity contribution < 1.29 is 17.6 Å². The molecule has 3 heterocycles. The molecule has 0 aromatic heterocycles. The van der Waals surface area contributed by atoms with E-state index in [-0.39, 0.29) is 34.5 Å². The number of thioether (sulfide) groups is 1. The first kappa shape index (κ1) is 21.3. The maximum Gasteiger partial charge on any atom is 0.253 e. The van der Waals surface area contributed by atoms with Gasteiger partial charge in [0.25, 0.3) is 5.91 Å². The van der Waals surface area contributed by atoms with E-state index in [0.717, 1.165) is 16.5 Å². The van der Waals surface area contributed by atoms with E-state index in [1.165, 1.54) is 23.9 Å². The highest BCUT2D eigenvalue weighted by molar-refractivity contribution is 8.15. The standard InChI is InChI=1S/C22H23FN4O3S2/c23-16-3-7-18(8-4-16)26-9-11-27(12-10-26)21(28)15-1-5-17(6-2-15)24-22-25-19-13-32(29,30)14-20(19)31-22/h1-8,19-20H,9-14H2,(H,24,25)/t19-,20+/m1/s1. The van der Waals surface area contributed by atoms with E-state index in [0.29, 0.717) is 31.7 Å². The van der Waals surface area contributed by atoms with Crippen LogP contribution in [-0.4, -0.2) is 73.4 Å². The maximum atomic E-state index is 13.1. The minimum atomic E-state index is -2.96. The molecule has 168 valence electrons. The van der Waals surface area contributed by atoms with Gasteiger partial charge in [-0.05, 0) is 48.5 Å². The topological polar surface area (TPSA) is 82.1 Å². The van der Waals surface area contributed by atoms with Gasteiger partial charge in [-0.25, -0.2) is 12.8 Å². The van der Waals surface area contributed by atoms with E-state index in [4.69, 9.17) is 0 Å². The number of fused-ring (bicyclic) bond motifs is 1. The molecule has 2 fully saturated rings. The zero-order valence-corrected chi connectivity index (χ0v) is 18.9. The fourth-order valence-corrected chi connectivity index (χ4v) is 7.91. The summed E-state index contributed by atoms with van der Waals surface area (Å²) in [6, 6.07) is 13.5. The highest BCUT2D eigenvalue weighted by atomic mass is 32.2. The Hall–Kier alpha value is -2.59. The Labute approximate surface area is 190 Å². The zero-order chi connectivity index (χ0) is 22.3. The van der Waals surface area contributed by atoms with E-state index in [1.54, 1.807) is 24.3 Å². The third kappa shape index (κ3) is 4.47. The van der Waals surface area contributed by atoms with E-state index < -0.39 is 9.84 Å². The first-order valence-electron chi connectivity index (χ1n) is 10.5. The lowest BCUT2D eigenvalue weighted by atomic mass is 10.1. The summed E-state index contributed by atoms with van der Waals surface area (Å²) >= 11 is 1.47. The van der Waals surface area contributed by atoms with E-state index in [2.05, 4.69) is 15.2 Å². The largest absolute Gasteiger partial charge is 0.368 e. The fourth-order valence-electron chi connectivity index (χ4n) is 4.24. The van der Waals surface area contributed by atoms with Crippen LogP contribution in [0.3, 0.4) is 0 Å². The van der Waals surface area contributed by atoms with Gasteiger partial charge in [0.2, 0.25) is 0 Å². The fraction of sp³-hybridized carbons (Fsp3) is 0.364. The van der Waals surface area contributed by atoms with Crippen LogP contribution < -0.4 is 10.2 Å². The summed E-state index contributed by atoms with van der Waals surface area (Å²) in [5, 5.41) is 3.96. The molecule has 1 N–H and O–H groups in total. The monoisotopic (exact) mass is 474 g/mol. The second-order valence-electron chi connectivity index (χ2n) is 8.19. The first-order chi connectivity index (χ1) is 15.4. The summed E-state index contributed by atoms with van der Waals surface area (Å²) in [6.45, 7) is 2.61. The molecule has 7 nitrogen and oxygen atoms in total. The van der Waals surface area contributed by atoms with Gasteiger partial charge in [-0.3, -0.25) is 9.79 Å². The summed E-state index contributed by atoms with van der Waals surface area (Å²) < 4.78 is 36.5. The second-order valence-corrected chi connectivity index (χ2v) is 11.6. The third-order valence-corrected chi connectivity index (χ3v) is 9.10. The Morgan fingerprint density at radius 1 is 1.00 bits per heavy atom. The lowest BCUT2D eigenvalue weighted by Crippen LogP contribution is -2.48. The number of amides is 1. The number of halogens is 1. The van der Waals surface area contributed by atoms with Crippen molar-refractivity contribution in [1.29, 1.82) is 0 Å². The van der Waals surface area contributed by atoms with Crippen molar-refractivity contribution in [1.82, 2.24) is 4.90 Å². The summed E-state index contributed by atoms with van der Waals surface area (Å²) in [5.41, 5.74) is 2.40. The van der Waals surface area contributed by atoms with Crippen LogP contribution in [0.2, 0.25) is 0 Å². The molecular formula is C22H23FN4O3S2. The molecule has 0 aliphatic carbocycles. The third-order valence-electron chi connectivity index (χ3n) is 5.96. The number of piperazine rings is 1. The molecule has 10 heteroatoms. The molecule has 0 unspecified atom stereocenters. The van der Waals surface area contributed by atoms with Crippen molar-refractivity contribution in [3.05, 3.63) is 59.9 Å². The van der Waals surface area contributed by atoms with Crippen LogP contribution in [0.5, 0.6) is 0 Å².